The van der Waals surface area contributed by atoms with Crippen molar-refractivity contribution in [3.8, 4) is 0 Å². The molecule has 3 aliphatic heterocycles. The molecule has 4 heteroatoms. The van der Waals surface area contributed by atoms with Crippen molar-refractivity contribution < 1.29 is 9.47 Å². The highest BCUT2D eigenvalue weighted by Gasteiger charge is 2.57. The summed E-state index contributed by atoms with van der Waals surface area (Å²) in [5.41, 5.74) is 2.62. The zero-order valence-electron chi connectivity index (χ0n) is 9.02. The van der Waals surface area contributed by atoms with Crippen molar-refractivity contribution in [3.63, 3.8) is 0 Å². The number of fused-ring (bicyclic) bond motifs is 2. The van der Waals surface area contributed by atoms with Gasteiger partial charge < -0.3 is 14.4 Å². The van der Waals surface area contributed by atoms with E-state index in [-0.39, 0.29) is 24.8 Å². The molecule has 0 aromatic rings. The molecule has 0 N–H and O–H groups in total. The van der Waals surface area contributed by atoms with Gasteiger partial charge >= 0.3 is 0 Å². The highest BCUT2D eigenvalue weighted by molar-refractivity contribution is 5.22. The van der Waals surface area contributed by atoms with Crippen LogP contribution in [0.15, 0.2) is 11.3 Å². The molecule has 0 bridgehead atoms. The van der Waals surface area contributed by atoms with Crippen molar-refractivity contribution in [3.05, 3.63) is 11.3 Å². The summed E-state index contributed by atoms with van der Waals surface area (Å²) in [6.07, 6.45) is 0.972. The van der Waals surface area contributed by atoms with Crippen LogP contribution in [0.5, 0.6) is 0 Å². The van der Waals surface area contributed by atoms with Crippen LogP contribution in [0.4, 0.5) is 0 Å². The van der Waals surface area contributed by atoms with Crippen molar-refractivity contribution in [2.75, 3.05) is 14.1 Å². The number of hydrogen-bond acceptors (Lipinski definition) is 4. The van der Waals surface area contributed by atoms with Crippen molar-refractivity contribution in [1.82, 2.24) is 9.80 Å². The topological polar surface area (TPSA) is 31.5 Å². The lowest BCUT2D eigenvalue weighted by atomic mass is 10.1. The number of epoxide rings is 2. The van der Waals surface area contributed by atoms with Gasteiger partial charge in [0.05, 0.1) is 0 Å². The van der Waals surface area contributed by atoms with E-state index in [2.05, 4.69) is 37.7 Å². The summed E-state index contributed by atoms with van der Waals surface area (Å²) < 4.78 is 11.3. The molecule has 4 nitrogen and oxygen atoms in total. The molecule has 3 unspecified atom stereocenters. The fraction of sp³-hybridized carbons (Fsp3) is 0.800. The molecule has 0 aliphatic carbocycles. The third-order valence-electron chi connectivity index (χ3n) is 3.63. The van der Waals surface area contributed by atoms with Crippen LogP contribution in [-0.4, -0.2) is 48.7 Å². The predicted octanol–water partition coefficient (Wildman–Crippen LogP) is 0.565. The quantitative estimate of drug-likeness (QED) is 0.530. The van der Waals surface area contributed by atoms with Gasteiger partial charge in [0.25, 0.3) is 0 Å². The number of allylic oxidation sites excluding steroid dienone is 1. The molecule has 3 heterocycles. The van der Waals surface area contributed by atoms with E-state index < -0.39 is 0 Å². The molecule has 0 aromatic carbocycles. The largest absolute Gasteiger partial charge is 0.350 e. The van der Waals surface area contributed by atoms with Gasteiger partial charge in [-0.3, -0.25) is 0 Å². The highest BCUT2D eigenvalue weighted by atomic mass is 16.7. The zero-order valence-corrected chi connectivity index (χ0v) is 9.02. The van der Waals surface area contributed by atoms with Crippen LogP contribution in [0.25, 0.3) is 0 Å². The van der Waals surface area contributed by atoms with Crippen molar-refractivity contribution >= 4 is 0 Å². The minimum atomic E-state index is 0.220. The van der Waals surface area contributed by atoms with E-state index in [4.69, 9.17) is 9.47 Å². The molecule has 0 radical (unpaired) electrons. The molecule has 14 heavy (non-hydrogen) atoms. The average Bonchev–Trinajstić information content (AvgIpc) is 3.01. The normalized spacial score (nSPS) is 46.7. The molecule has 78 valence electrons. The summed E-state index contributed by atoms with van der Waals surface area (Å²) in [7, 11) is 4.15. The van der Waals surface area contributed by atoms with Crippen molar-refractivity contribution in [2.45, 2.75) is 38.6 Å². The van der Waals surface area contributed by atoms with E-state index in [9.17, 15) is 0 Å². The molecular weight excluding hydrogens is 180 g/mol. The van der Waals surface area contributed by atoms with Crippen LogP contribution in [-0.2, 0) is 9.47 Å². The third kappa shape index (κ3) is 0.988. The molecule has 3 rings (SSSR count). The van der Waals surface area contributed by atoms with E-state index in [1.807, 2.05) is 0 Å². The Morgan fingerprint density at radius 1 is 1.00 bits per heavy atom. The molecule has 0 spiro atoms. The Morgan fingerprint density at radius 3 is 2.43 bits per heavy atom. The van der Waals surface area contributed by atoms with Gasteiger partial charge in [0, 0.05) is 12.7 Å². The minimum absolute atomic E-state index is 0.220. The number of rotatable bonds is 0. The molecule has 2 saturated heterocycles. The Morgan fingerprint density at radius 2 is 1.71 bits per heavy atom. The van der Waals surface area contributed by atoms with E-state index in [1.54, 1.807) is 0 Å². The smallest absolute Gasteiger partial charge is 0.172 e. The standard InChI is InChI=1S/C10H16N2O2/c1-5-6(2)11(3)9-10(14-9)12(4)8-7(5)13-8/h7-10H,1-4H3/t7-,8?,9?,10?/m0/s1. The Bertz CT molecular complexity index is 315. The SMILES string of the molecule is CC1=C(C)N(C)C2OC2N(C)C2O[C@@H]12. The van der Waals surface area contributed by atoms with Crippen LogP contribution >= 0.6 is 0 Å². The van der Waals surface area contributed by atoms with Gasteiger partial charge in [-0.1, -0.05) is 0 Å². The Kier molecular flexibility index (Phi) is 1.56. The first kappa shape index (κ1) is 8.71. The number of likely N-dealkylation sites (N-methyl/N-ethyl adjacent to an activating group) is 2. The first-order valence-corrected chi connectivity index (χ1v) is 5.04. The second-order valence-corrected chi connectivity index (χ2v) is 4.41. The highest BCUT2D eigenvalue weighted by Crippen LogP contribution is 2.43. The fourth-order valence-electron chi connectivity index (χ4n) is 2.23. The molecule has 4 atom stereocenters. The maximum Gasteiger partial charge on any atom is 0.172 e. The lowest BCUT2D eigenvalue weighted by Crippen LogP contribution is -2.35. The Labute approximate surface area is 84.1 Å². The van der Waals surface area contributed by atoms with Gasteiger partial charge in [-0.2, -0.15) is 0 Å². The zero-order chi connectivity index (χ0) is 10.0. The Hall–Kier alpha value is -0.580. The number of hydrogen-bond donors (Lipinski definition) is 0. The average molecular weight is 196 g/mol. The monoisotopic (exact) mass is 196 g/mol. The van der Waals surface area contributed by atoms with Gasteiger partial charge in [-0.15, -0.1) is 0 Å². The van der Waals surface area contributed by atoms with Gasteiger partial charge in [-0.05, 0) is 26.5 Å². The molecule has 0 amide bonds. The van der Waals surface area contributed by atoms with Crippen LogP contribution < -0.4 is 0 Å². The lowest BCUT2D eigenvalue weighted by molar-refractivity contribution is 0.143. The van der Waals surface area contributed by atoms with Gasteiger partial charge in [-0.25, -0.2) is 4.90 Å². The van der Waals surface area contributed by atoms with Crippen LogP contribution in [0.2, 0.25) is 0 Å². The summed E-state index contributed by atoms with van der Waals surface area (Å²) in [4.78, 5) is 4.39. The van der Waals surface area contributed by atoms with Crippen LogP contribution in [0.3, 0.4) is 0 Å². The van der Waals surface area contributed by atoms with Crippen molar-refractivity contribution in [2.24, 2.45) is 0 Å². The summed E-state index contributed by atoms with van der Waals surface area (Å²) in [5, 5.41) is 0. The third-order valence-corrected chi connectivity index (χ3v) is 3.63. The fourth-order valence-corrected chi connectivity index (χ4v) is 2.23. The van der Waals surface area contributed by atoms with Gasteiger partial charge in [0.1, 0.15) is 12.3 Å². The summed E-state index contributed by atoms with van der Waals surface area (Å²) in [5.74, 6) is 0. The summed E-state index contributed by atoms with van der Waals surface area (Å²) in [6, 6.07) is 0. The van der Waals surface area contributed by atoms with E-state index in [0.29, 0.717) is 0 Å². The number of ether oxygens (including phenoxy) is 2. The van der Waals surface area contributed by atoms with E-state index in [0.717, 1.165) is 0 Å². The second-order valence-electron chi connectivity index (χ2n) is 4.41. The predicted molar refractivity (Wildman–Crippen MR) is 51.2 cm³/mol. The molecule has 0 aromatic heterocycles. The summed E-state index contributed by atoms with van der Waals surface area (Å²) >= 11 is 0. The molecular formula is C10H16N2O2. The maximum atomic E-state index is 5.64. The first-order valence-electron chi connectivity index (χ1n) is 5.04. The molecule has 0 saturated carbocycles. The van der Waals surface area contributed by atoms with E-state index in [1.165, 1.54) is 11.3 Å². The number of nitrogens with zero attached hydrogens (tertiary/aromatic N) is 2. The first-order chi connectivity index (χ1) is 6.61. The van der Waals surface area contributed by atoms with Crippen molar-refractivity contribution in [1.29, 1.82) is 0 Å². The lowest BCUT2D eigenvalue weighted by Gasteiger charge is -2.23. The maximum absolute atomic E-state index is 5.64. The van der Waals surface area contributed by atoms with E-state index >= 15 is 0 Å². The molecule has 2 fully saturated rings. The van der Waals surface area contributed by atoms with Crippen LogP contribution in [0, 0.1) is 0 Å². The molecule has 3 aliphatic rings. The van der Waals surface area contributed by atoms with Crippen LogP contribution in [0.1, 0.15) is 13.8 Å². The Balaban J connectivity index is 1.96. The minimum Gasteiger partial charge on any atom is -0.350 e. The summed E-state index contributed by atoms with van der Waals surface area (Å²) in [6.45, 7) is 4.28. The van der Waals surface area contributed by atoms with Gasteiger partial charge in [0.2, 0.25) is 0 Å². The second kappa shape index (κ2) is 2.51. The van der Waals surface area contributed by atoms with Gasteiger partial charge in [0.15, 0.2) is 12.5 Å².